The molecule has 666 valence electrons. The van der Waals surface area contributed by atoms with Crippen molar-refractivity contribution in [2.75, 3.05) is 0 Å². The fourth-order valence-corrected chi connectivity index (χ4v) is 23.5. The molecule has 30 aromatic rings. The Bertz CT molecular complexity index is 9320. The molecule has 0 aliphatic carbocycles. The van der Waals surface area contributed by atoms with Crippen molar-refractivity contribution in [1.82, 2.24) is 27.4 Å². The first kappa shape index (κ1) is 85.3. The normalized spacial score (nSPS) is 11.9. The fraction of sp³-hybridized carbons (Fsp3) is 0.0698. The highest BCUT2D eigenvalue weighted by Gasteiger charge is 2.21. The Morgan fingerprint density at radius 3 is 0.784 bits per heavy atom. The molecule has 0 atom stereocenters. The molecule has 0 aliphatic rings. The number of aromatic nitrogens is 6. The quantitative estimate of drug-likeness (QED) is 0.116. The van der Waals surface area contributed by atoms with Gasteiger partial charge in [-0.15, -0.1) is 0 Å². The van der Waals surface area contributed by atoms with E-state index in [0.29, 0.717) is 0 Å². The fourth-order valence-electron chi connectivity index (χ4n) is 22.6. The summed E-state index contributed by atoms with van der Waals surface area (Å²) in [7, 11) is 12.7. The highest BCUT2D eigenvalue weighted by atomic mass is 127. The molecule has 30 rings (SSSR count). The van der Waals surface area contributed by atoms with E-state index in [-0.39, 0.29) is 5.82 Å². The summed E-state index contributed by atoms with van der Waals surface area (Å²) in [6, 6.07) is 144. The van der Waals surface area contributed by atoms with Gasteiger partial charge in [0.05, 0.1) is 11.0 Å². The van der Waals surface area contributed by atoms with Crippen molar-refractivity contribution >= 4 is 310 Å². The van der Waals surface area contributed by atoms with Gasteiger partial charge < -0.3 is 27.4 Å². The van der Waals surface area contributed by atoms with Gasteiger partial charge in [0.15, 0.2) is 0 Å². The summed E-state index contributed by atoms with van der Waals surface area (Å²) < 4.78 is 29.6. The average Bonchev–Trinajstić information content (AvgIpc) is 1.61. The maximum Gasteiger partial charge on any atom is 0.125 e. The Morgan fingerprint density at radius 1 is 0.223 bits per heavy atom. The van der Waals surface area contributed by atoms with E-state index in [1.807, 2.05) is 25.2 Å². The standard InChI is InChI=1S/C23H19N.C22H17N.C21H14BrN.C21H14ClN.C21H14FN.C21H14IN/c1-3-15-8-10-19-22(12-15)24(2)21-11-9-18-13-16-6-4-5-7-17(16)14-20(18)23(19)21;1-14-7-9-18-21(11-14)23(2)20-10-8-17-12-15-5-3-4-6-16(15)13-19(17)22(18)20;4*1-23-19-9-6-15-10-13-4-2-3-5-14(13)11-18(15)21(19)17-8-7-16(22)12-20(17)23/h4-14H,3H2,1-2H3;3-13H,1-2H3;4*2-12H,1H3. The molecular weight excluding hydrogens is 1890 g/mol. The van der Waals surface area contributed by atoms with E-state index in [9.17, 15) is 4.39 Å². The molecular formula is C129H92BrClFIN6. The molecule has 0 bridgehead atoms. The van der Waals surface area contributed by atoms with Gasteiger partial charge in [-0.25, -0.2) is 4.39 Å². The van der Waals surface area contributed by atoms with E-state index in [1.165, 1.54) is 258 Å². The van der Waals surface area contributed by atoms with Gasteiger partial charge in [0.2, 0.25) is 0 Å². The van der Waals surface area contributed by atoms with E-state index in [1.54, 1.807) is 12.1 Å². The molecule has 10 heteroatoms. The third-order valence-electron chi connectivity index (χ3n) is 29.6. The smallest absolute Gasteiger partial charge is 0.125 e. The molecule has 24 aromatic carbocycles. The molecule has 6 aromatic heterocycles. The summed E-state index contributed by atoms with van der Waals surface area (Å²) in [5.74, 6) is -0.196. The monoisotopic (exact) mass is 1980 g/mol. The summed E-state index contributed by atoms with van der Waals surface area (Å²) in [6.45, 7) is 4.37. The molecule has 0 fully saturated rings. The van der Waals surface area contributed by atoms with Crippen LogP contribution >= 0.6 is 50.1 Å². The highest BCUT2D eigenvalue weighted by molar-refractivity contribution is 14.1. The van der Waals surface area contributed by atoms with E-state index in [0.717, 1.165) is 32.3 Å². The van der Waals surface area contributed by atoms with Crippen molar-refractivity contribution in [2.45, 2.75) is 20.3 Å². The Labute approximate surface area is 828 Å². The van der Waals surface area contributed by atoms with Crippen molar-refractivity contribution < 1.29 is 4.39 Å². The summed E-state index contributed by atoms with van der Waals surface area (Å²) >= 11 is 12.2. The molecule has 6 nitrogen and oxygen atoms in total. The van der Waals surface area contributed by atoms with E-state index in [2.05, 4.69) is 485 Å². The lowest BCUT2D eigenvalue weighted by Crippen LogP contribution is -1.87. The minimum atomic E-state index is -0.196. The summed E-state index contributed by atoms with van der Waals surface area (Å²) in [5, 5.41) is 47.5. The molecule has 0 radical (unpaired) electrons. The summed E-state index contributed by atoms with van der Waals surface area (Å²) in [4.78, 5) is 0. The first-order chi connectivity index (χ1) is 67.9. The van der Waals surface area contributed by atoms with Gasteiger partial charge in [0.25, 0.3) is 0 Å². The van der Waals surface area contributed by atoms with Crippen molar-refractivity contribution in [1.29, 1.82) is 0 Å². The van der Waals surface area contributed by atoms with Crippen LogP contribution in [-0.4, -0.2) is 27.4 Å². The molecule has 0 amide bonds. The zero-order valence-corrected chi connectivity index (χ0v) is 82.5. The molecule has 0 saturated heterocycles. The number of halogens is 4. The minimum Gasteiger partial charge on any atom is -0.344 e. The average molecular weight is 1990 g/mol. The van der Waals surface area contributed by atoms with Crippen LogP contribution in [0.15, 0.2) is 405 Å². The van der Waals surface area contributed by atoms with Crippen molar-refractivity contribution in [3.8, 4) is 0 Å². The molecule has 0 unspecified atom stereocenters. The Balaban J connectivity index is 0.0000000882. The lowest BCUT2D eigenvalue weighted by atomic mass is 9.99. The van der Waals surface area contributed by atoms with E-state index in [4.69, 9.17) is 11.6 Å². The van der Waals surface area contributed by atoms with Gasteiger partial charge in [0, 0.05) is 175 Å². The lowest BCUT2D eigenvalue weighted by Gasteiger charge is -2.05. The molecule has 6 heterocycles. The lowest BCUT2D eigenvalue weighted by molar-refractivity contribution is 0.629. The zero-order valence-electron chi connectivity index (χ0n) is 78.0. The van der Waals surface area contributed by atoms with Crippen LogP contribution in [0.3, 0.4) is 0 Å². The predicted octanol–water partition coefficient (Wildman–Crippen LogP) is 36.9. The summed E-state index contributed by atoms with van der Waals surface area (Å²) in [6.07, 6.45) is 1.07. The number of hydrogen-bond donors (Lipinski definition) is 0. The zero-order chi connectivity index (χ0) is 94.0. The maximum atomic E-state index is 13.7. The number of hydrogen-bond acceptors (Lipinski definition) is 0. The number of fused-ring (bicyclic) bond motifs is 36. The second-order valence-corrected chi connectivity index (χ2v) is 40.1. The van der Waals surface area contributed by atoms with Crippen LogP contribution < -0.4 is 0 Å². The minimum absolute atomic E-state index is 0.196. The van der Waals surface area contributed by atoms with Crippen LogP contribution in [-0.2, 0) is 48.7 Å². The van der Waals surface area contributed by atoms with Crippen LogP contribution in [0.1, 0.15) is 18.1 Å². The van der Waals surface area contributed by atoms with Gasteiger partial charge in [-0.05, 0) is 352 Å². The van der Waals surface area contributed by atoms with Crippen LogP contribution in [0.2, 0.25) is 5.02 Å². The number of nitrogens with zero attached hydrogens (tertiary/aromatic N) is 6. The third kappa shape index (κ3) is 14.4. The molecule has 139 heavy (non-hydrogen) atoms. The van der Waals surface area contributed by atoms with E-state index >= 15 is 0 Å². The first-order valence-corrected chi connectivity index (χ1v) is 49.7. The van der Waals surface area contributed by atoms with Crippen LogP contribution in [0.25, 0.3) is 260 Å². The largest absolute Gasteiger partial charge is 0.344 e. The Kier molecular flexibility index (Phi) is 20.8. The topological polar surface area (TPSA) is 29.6 Å². The Hall–Kier alpha value is -15.4. The van der Waals surface area contributed by atoms with Crippen LogP contribution in [0, 0.1) is 16.3 Å². The number of benzene rings is 24. The second kappa shape index (κ2) is 33.8. The van der Waals surface area contributed by atoms with Gasteiger partial charge >= 0.3 is 0 Å². The molecule has 0 saturated carbocycles. The summed E-state index contributed by atoms with van der Waals surface area (Å²) in [5.41, 5.74) is 17.5. The van der Waals surface area contributed by atoms with Crippen molar-refractivity contribution in [3.05, 3.63) is 430 Å². The first-order valence-electron chi connectivity index (χ1n) is 47.5. The van der Waals surface area contributed by atoms with Crippen LogP contribution in [0.4, 0.5) is 4.39 Å². The van der Waals surface area contributed by atoms with Gasteiger partial charge in [-0.3, -0.25) is 0 Å². The maximum absolute atomic E-state index is 13.7. The molecule has 0 N–H and O–H groups in total. The second-order valence-electron chi connectivity index (χ2n) is 37.5. The number of aryl methyl sites for hydroxylation is 8. The molecule has 0 aliphatic heterocycles. The van der Waals surface area contributed by atoms with Gasteiger partial charge in [-0.2, -0.15) is 0 Å². The predicted molar refractivity (Wildman–Crippen MR) is 612 cm³/mol. The third-order valence-corrected chi connectivity index (χ3v) is 31.0. The van der Waals surface area contributed by atoms with Gasteiger partial charge in [-0.1, -0.05) is 259 Å². The number of rotatable bonds is 1. The Morgan fingerprint density at radius 2 is 0.468 bits per heavy atom. The van der Waals surface area contributed by atoms with Crippen LogP contribution in [0.5, 0.6) is 0 Å². The van der Waals surface area contributed by atoms with Gasteiger partial charge in [0.1, 0.15) is 5.82 Å². The van der Waals surface area contributed by atoms with E-state index < -0.39 is 0 Å². The van der Waals surface area contributed by atoms with Crippen molar-refractivity contribution in [3.63, 3.8) is 0 Å². The molecule has 0 spiro atoms. The SMILES string of the molecule is CCc1ccc2c3c4cc5ccccc5cc4ccc3n(C)c2c1.Cc1ccc2c3c4cc5ccccc5cc4ccc3n(C)c2c1.Cn1c2cc(Br)ccc2c2c3cc4ccccc4cc3ccc21.Cn1c2cc(Cl)ccc2c2c3cc4ccccc4cc3ccc21.Cn1c2cc(F)ccc2c2c3cc4ccccc4cc3ccc21.Cn1c2cc(I)ccc2c2c3cc4ccccc4cc3ccc21. The van der Waals surface area contributed by atoms with Crippen molar-refractivity contribution in [2.24, 2.45) is 42.3 Å². The highest BCUT2D eigenvalue weighted by Crippen LogP contribution is 2.45.